The summed E-state index contributed by atoms with van der Waals surface area (Å²) >= 11 is 0. The SMILES string of the molecule is Cn1ccc2ccc(Nc3cc(-c4ccc5c(CCCN)nn(C)c5c4)nc(N4CCOCC4)n3)cc21. The van der Waals surface area contributed by atoms with E-state index in [2.05, 4.69) is 70.5 Å². The van der Waals surface area contributed by atoms with Crippen LogP contribution in [-0.4, -0.2) is 57.2 Å². The Balaban J connectivity index is 1.40. The zero-order valence-corrected chi connectivity index (χ0v) is 21.3. The van der Waals surface area contributed by atoms with Crippen LogP contribution in [0.4, 0.5) is 17.5 Å². The average Bonchev–Trinajstić information content (AvgIpc) is 3.46. The number of aromatic nitrogens is 5. The minimum absolute atomic E-state index is 0.661. The number of benzene rings is 2. The second-order valence-electron chi connectivity index (χ2n) is 9.56. The molecule has 1 aliphatic rings. The van der Waals surface area contributed by atoms with Crippen molar-refractivity contribution in [1.29, 1.82) is 0 Å². The van der Waals surface area contributed by atoms with E-state index in [-0.39, 0.29) is 0 Å². The predicted octanol–water partition coefficient (Wildman–Crippen LogP) is 3.99. The predicted molar refractivity (Wildman–Crippen MR) is 148 cm³/mol. The number of ether oxygens (including phenoxy) is 1. The first kappa shape index (κ1) is 23.4. The van der Waals surface area contributed by atoms with E-state index in [1.54, 1.807) is 0 Å². The summed E-state index contributed by atoms with van der Waals surface area (Å²) in [5.41, 5.74) is 11.9. The lowest BCUT2D eigenvalue weighted by Gasteiger charge is -2.27. The van der Waals surface area contributed by atoms with Crippen LogP contribution in [0.25, 0.3) is 33.1 Å². The van der Waals surface area contributed by atoms with Gasteiger partial charge in [0.25, 0.3) is 0 Å². The smallest absolute Gasteiger partial charge is 0.228 e. The van der Waals surface area contributed by atoms with E-state index in [0.717, 1.165) is 65.3 Å². The molecule has 0 saturated carbocycles. The van der Waals surface area contributed by atoms with Crippen molar-refractivity contribution in [2.45, 2.75) is 12.8 Å². The van der Waals surface area contributed by atoms with Gasteiger partial charge in [-0.2, -0.15) is 10.1 Å². The molecule has 0 unspecified atom stereocenters. The van der Waals surface area contributed by atoms with Gasteiger partial charge in [-0.15, -0.1) is 0 Å². The summed E-state index contributed by atoms with van der Waals surface area (Å²) in [6.07, 6.45) is 3.87. The second-order valence-corrected chi connectivity index (χ2v) is 9.56. The average molecular weight is 497 g/mol. The van der Waals surface area contributed by atoms with Crippen molar-refractivity contribution in [1.82, 2.24) is 24.3 Å². The highest BCUT2D eigenvalue weighted by molar-refractivity contribution is 5.87. The van der Waals surface area contributed by atoms with Gasteiger partial charge in [-0.1, -0.05) is 18.2 Å². The lowest BCUT2D eigenvalue weighted by molar-refractivity contribution is 0.122. The highest BCUT2D eigenvalue weighted by atomic mass is 16.5. The maximum absolute atomic E-state index is 5.73. The third kappa shape index (κ3) is 4.63. The quantitative estimate of drug-likeness (QED) is 0.351. The molecule has 9 heteroatoms. The maximum Gasteiger partial charge on any atom is 0.228 e. The molecular formula is C28H32N8O. The molecule has 9 nitrogen and oxygen atoms in total. The summed E-state index contributed by atoms with van der Waals surface area (Å²) in [6, 6.07) is 16.9. The van der Waals surface area contributed by atoms with Crippen molar-refractivity contribution < 1.29 is 4.74 Å². The Labute approximate surface area is 215 Å². The zero-order valence-electron chi connectivity index (χ0n) is 21.3. The largest absolute Gasteiger partial charge is 0.378 e. The Hall–Kier alpha value is -3.95. The van der Waals surface area contributed by atoms with Crippen LogP contribution in [-0.2, 0) is 25.3 Å². The van der Waals surface area contributed by atoms with Crippen LogP contribution in [0.1, 0.15) is 12.1 Å². The summed E-state index contributed by atoms with van der Waals surface area (Å²) < 4.78 is 9.63. The van der Waals surface area contributed by atoms with Gasteiger partial charge in [-0.25, -0.2) is 4.98 Å². The van der Waals surface area contributed by atoms with E-state index in [4.69, 9.17) is 25.5 Å². The standard InChI is InChI=1S/C28H32N8O/c1-34-11-9-19-5-7-21(17-25(19)34)30-27-18-24(31-28(32-27)36-12-14-37-15-13-36)20-6-8-22-23(4-3-10-29)33-35(2)26(22)16-20/h5-9,11,16-18H,3-4,10,12-15,29H2,1-2H3,(H,30,31,32). The van der Waals surface area contributed by atoms with Gasteiger partial charge in [0.2, 0.25) is 5.95 Å². The Morgan fingerprint density at radius 2 is 1.84 bits per heavy atom. The Kier molecular flexibility index (Phi) is 6.23. The van der Waals surface area contributed by atoms with Crippen LogP contribution < -0.4 is 16.0 Å². The molecule has 0 atom stereocenters. The molecule has 3 aromatic heterocycles. The number of nitrogens with zero attached hydrogens (tertiary/aromatic N) is 6. The van der Waals surface area contributed by atoms with Gasteiger partial charge in [0.15, 0.2) is 0 Å². The minimum atomic E-state index is 0.661. The summed E-state index contributed by atoms with van der Waals surface area (Å²) in [5.74, 6) is 1.46. The molecule has 0 bridgehead atoms. The van der Waals surface area contributed by atoms with Crippen LogP contribution >= 0.6 is 0 Å². The highest BCUT2D eigenvalue weighted by Gasteiger charge is 2.18. The fraction of sp³-hybridized carbons (Fsp3) is 0.321. The number of aryl methyl sites for hydroxylation is 3. The first-order chi connectivity index (χ1) is 18.1. The number of hydrogen-bond donors (Lipinski definition) is 2. The molecule has 0 aliphatic carbocycles. The van der Waals surface area contributed by atoms with E-state index in [1.165, 1.54) is 10.9 Å². The number of rotatable bonds is 7. The molecular weight excluding hydrogens is 464 g/mol. The lowest BCUT2D eigenvalue weighted by atomic mass is 10.1. The first-order valence-corrected chi connectivity index (χ1v) is 12.8. The molecule has 190 valence electrons. The third-order valence-corrected chi connectivity index (χ3v) is 7.01. The van der Waals surface area contributed by atoms with Crippen LogP contribution in [0, 0.1) is 0 Å². The Morgan fingerprint density at radius 1 is 0.973 bits per heavy atom. The molecule has 5 aromatic rings. The highest BCUT2D eigenvalue weighted by Crippen LogP contribution is 2.30. The van der Waals surface area contributed by atoms with E-state index in [0.29, 0.717) is 25.7 Å². The molecule has 0 spiro atoms. The molecule has 1 fully saturated rings. The van der Waals surface area contributed by atoms with Gasteiger partial charge >= 0.3 is 0 Å². The van der Waals surface area contributed by atoms with Crippen molar-refractivity contribution in [2.75, 3.05) is 43.1 Å². The van der Waals surface area contributed by atoms with Gasteiger partial charge < -0.3 is 25.3 Å². The van der Waals surface area contributed by atoms with Gasteiger partial charge in [0.1, 0.15) is 5.82 Å². The van der Waals surface area contributed by atoms with Crippen LogP contribution in [0.3, 0.4) is 0 Å². The van der Waals surface area contributed by atoms with Crippen molar-refractivity contribution in [2.24, 2.45) is 19.8 Å². The molecule has 3 N–H and O–H groups in total. The third-order valence-electron chi connectivity index (χ3n) is 7.01. The van der Waals surface area contributed by atoms with E-state index < -0.39 is 0 Å². The zero-order chi connectivity index (χ0) is 25.4. The fourth-order valence-corrected chi connectivity index (χ4v) is 4.99. The second kappa shape index (κ2) is 9.84. The lowest BCUT2D eigenvalue weighted by Crippen LogP contribution is -2.37. The van der Waals surface area contributed by atoms with Gasteiger partial charge in [-0.3, -0.25) is 4.68 Å². The first-order valence-electron chi connectivity index (χ1n) is 12.8. The molecule has 1 aliphatic heterocycles. The summed E-state index contributed by atoms with van der Waals surface area (Å²) in [5, 5.41) is 10.6. The number of anilines is 3. The Bertz CT molecular complexity index is 1560. The topological polar surface area (TPSA) is 99.0 Å². The fourth-order valence-electron chi connectivity index (χ4n) is 4.99. The van der Waals surface area contributed by atoms with Crippen LogP contribution in [0.5, 0.6) is 0 Å². The van der Waals surface area contributed by atoms with Gasteiger partial charge in [0.05, 0.1) is 30.1 Å². The van der Waals surface area contributed by atoms with E-state index in [1.807, 2.05) is 17.8 Å². The van der Waals surface area contributed by atoms with E-state index >= 15 is 0 Å². The molecule has 6 rings (SSSR count). The monoisotopic (exact) mass is 496 g/mol. The number of fused-ring (bicyclic) bond motifs is 2. The molecule has 4 heterocycles. The Morgan fingerprint density at radius 3 is 2.68 bits per heavy atom. The summed E-state index contributed by atoms with van der Waals surface area (Å²) in [7, 11) is 4.05. The van der Waals surface area contributed by atoms with Crippen molar-refractivity contribution in [3.63, 3.8) is 0 Å². The molecule has 2 aromatic carbocycles. The van der Waals surface area contributed by atoms with Crippen molar-refractivity contribution >= 4 is 39.3 Å². The number of morpholine rings is 1. The van der Waals surface area contributed by atoms with Crippen LogP contribution in [0.2, 0.25) is 0 Å². The van der Waals surface area contributed by atoms with Crippen LogP contribution in [0.15, 0.2) is 54.7 Å². The van der Waals surface area contributed by atoms with Crippen molar-refractivity contribution in [3.05, 3.63) is 60.4 Å². The number of hydrogen-bond acceptors (Lipinski definition) is 7. The van der Waals surface area contributed by atoms with Crippen molar-refractivity contribution in [3.8, 4) is 11.3 Å². The molecule has 0 radical (unpaired) electrons. The molecule has 1 saturated heterocycles. The maximum atomic E-state index is 5.73. The number of nitrogens with one attached hydrogen (secondary N) is 1. The van der Waals surface area contributed by atoms with E-state index in [9.17, 15) is 0 Å². The van der Waals surface area contributed by atoms with Gasteiger partial charge in [0, 0.05) is 61.6 Å². The summed E-state index contributed by atoms with van der Waals surface area (Å²) in [6.45, 7) is 3.54. The number of nitrogens with two attached hydrogens (primary N) is 1. The molecule has 37 heavy (non-hydrogen) atoms. The molecule has 0 amide bonds. The van der Waals surface area contributed by atoms with Gasteiger partial charge in [-0.05, 0) is 49.0 Å². The minimum Gasteiger partial charge on any atom is -0.378 e. The normalized spacial score (nSPS) is 14.1. The summed E-state index contributed by atoms with van der Waals surface area (Å²) in [4.78, 5) is 12.1.